The van der Waals surface area contributed by atoms with Crippen molar-refractivity contribution in [3.05, 3.63) is 58.6 Å². The van der Waals surface area contributed by atoms with Gasteiger partial charge in [-0.2, -0.15) is 0 Å². The number of hydrazine groups is 1. The van der Waals surface area contributed by atoms with E-state index in [0.717, 1.165) is 6.07 Å². The standard InChI is InChI=1S/C12H11N3O4S/c13-14-11-7-6-10(8-12(11)15(16)17)20(18,19)9-4-2-1-3-5-9/h1-8,14H,13H2. The number of nitro groups is 1. The van der Waals surface area contributed by atoms with Crippen molar-refractivity contribution in [1.82, 2.24) is 0 Å². The van der Waals surface area contributed by atoms with E-state index in [1.165, 1.54) is 24.3 Å². The molecule has 0 fully saturated rings. The summed E-state index contributed by atoms with van der Waals surface area (Å²) in [5.74, 6) is 5.15. The predicted octanol–water partition coefficient (Wildman–Crippen LogP) is 1.71. The second kappa shape index (κ2) is 5.27. The Kier molecular flexibility index (Phi) is 3.68. The highest BCUT2D eigenvalue weighted by Gasteiger charge is 2.22. The summed E-state index contributed by atoms with van der Waals surface area (Å²) in [6.07, 6.45) is 0. The minimum Gasteiger partial charge on any atom is -0.318 e. The van der Waals surface area contributed by atoms with Crippen LogP contribution in [0.4, 0.5) is 11.4 Å². The molecular formula is C12H11N3O4S. The van der Waals surface area contributed by atoms with Gasteiger partial charge in [0, 0.05) is 6.07 Å². The van der Waals surface area contributed by atoms with Gasteiger partial charge in [-0.25, -0.2) is 8.42 Å². The second-order valence-electron chi connectivity index (χ2n) is 3.90. The summed E-state index contributed by atoms with van der Waals surface area (Å²) in [6, 6.07) is 11.2. The van der Waals surface area contributed by atoms with E-state index in [-0.39, 0.29) is 15.5 Å². The van der Waals surface area contributed by atoms with Crippen molar-refractivity contribution in [1.29, 1.82) is 0 Å². The molecule has 0 atom stereocenters. The molecule has 0 bridgehead atoms. The SMILES string of the molecule is NNc1ccc(S(=O)(=O)c2ccccc2)cc1[N+](=O)[O-]. The van der Waals surface area contributed by atoms with Gasteiger partial charge in [0.1, 0.15) is 5.69 Å². The summed E-state index contributed by atoms with van der Waals surface area (Å²) in [5, 5.41) is 10.9. The molecule has 8 heteroatoms. The van der Waals surface area contributed by atoms with Gasteiger partial charge in [0.05, 0.1) is 14.7 Å². The molecule has 3 N–H and O–H groups in total. The molecular weight excluding hydrogens is 282 g/mol. The highest BCUT2D eigenvalue weighted by Crippen LogP contribution is 2.29. The van der Waals surface area contributed by atoms with E-state index in [9.17, 15) is 18.5 Å². The van der Waals surface area contributed by atoms with Crippen LogP contribution in [-0.4, -0.2) is 13.3 Å². The number of benzene rings is 2. The Morgan fingerprint density at radius 2 is 1.70 bits per heavy atom. The normalized spacial score (nSPS) is 11.1. The lowest BCUT2D eigenvalue weighted by Crippen LogP contribution is -2.10. The first-order chi connectivity index (χ1) is 9.46. The smallest absolute Gasteiger partial charge is 0.294 e. The molecule has 0 amide bonds. The summed E-state index contributed by atoms with van der Waals surface area (Å²) in [4.78, 5) is 10.1. The Bertz CT molecular complexity index is 745. The molecule has 0 aliphatic carbocycles. The monoisotopic (exact) mass is 293 g/mol. The molecule has 20 heavy (non-hydrogen) atoms. The number of nitrogens with zero attached hydrogens (tertiary/aromatic N) is 1. The fourth-order valence-electron chi connectivity index (χ4n) is 1.69. The highest BCUT2D eigenvalue weighted by molar-refractivity contribution is 7.91. The molecule has 2 aromatic carbocycles. The van der Waals surface area contributed by atoms with Gasteiger partial charge in [0.25, 0.3) is 5.69 Å². The second-order valence-corrected chi connectivity index (χ2v) is 5.85. The molecule has 0 spiro atoms. The Morgan fingerprint density at radius 3 is 2.25 bits per heavy atom. The fraction of sp³-hybridized carbons (Fsp3) is 0. The van der Waals surface area contributed by atoms with Crippen LogP contribution in [0.5, 0.6) is 0 Å². The Balaban J connectivity index is 2.59. The molecule has 2 rings (SSSR count). The first kappa shape index (κ1) is 14.0. The lowest BCUT2D eigenvalue weighted by atomic mass is 10.3. The third-order valence-electron chi connectivity index (χ3n) is 2.69. The average Bonchev–Trinajstić information content (AvgIpc) is 2.47. The van der Waals surface area contributed by atoms with Crippen LogP contribution in [-0.2, 0) is 9.84 Å². The predicted molar refractivity (Wildman–Crippen MR) is 72.8 cm³/mol. The average molecular weight is 293 g/mol. The van der Waals surface area contributed by atoms with E-state index >= 15 is 0 Å². The van der Waals surface area contributed by atoms with Gasteiger partial charge in [0.2, 0.25) is 9.84 Å². The van der Waals surface area contributed by atoms with Gasteiger partial charge in [-0.3, -0.25) is 16.0 Å². The molecule has 0 saturated heterocycles. The van der Waals surface area contributed by atoms with Crippen molar-refractivity contribution in [3.8, 4) is 0 Å². The Hall–Kier alpha value is -2.45. The van der Waals surface area contributed by atoms with Crippen LogP contribution in [0.1, 0.15) is 0 Å². The fourth-order valence-corrected chi connectivity index (χ4v) is 2.99. The third-order valence-corrected chi connectivity index (χ3v) is 4.45. The number of rotatable bonds is 4. The molecule has 7 nitrogen and oxygen atoms in total. The first-order valence-corrected chi connectivity index (χ1v) is 7.00. The highest BCUT2D eigenvalue weighted by atomic mass is 32.2. The number of nitro benzene ring substituents is 1. The lowest BCUT2D eigenvalue weighted by Gasteiger charge is -2.06. The van der Waals surface area contributed by atoms with Crippen molar-refractivity contribution in [2.24, 2.45) is 5.84 Å². The van der Waals surface area contributed by atoms with Gasteiger partial charge < -0.3 is 5.43 Å². The van der Waals surface area contributed by atoms with E-state index < -0.39 is 20.4 Å². The summed E-state index contributed by atoms with van der Waals surface area (Å²) in [7, 11) is -3.79. The van der Waals surface area contributed by atoms with Crippen molar-refractivity contribution in [2.45, 2.75) is 9.79 Å². The van der Waals surface area contributed by atoms with Gasteiger partial charge in [-0.15, -0.1) is 0 Å². The van der Waals surface area contributed by atoms with Crippen molar-refractivity contribution in [2.75, 3.05) is 5.43 Å². The number of anilines is 1. The zero-order chi connectivity index (χ0) is 14.8. The summed E-state index contributed by atoms with van der Waals surface area (Å²) in [5.41, 5.74) is 1.80. The van der Waals surface area contributed by atoms with Crippen molar-refractivity contribution in [3.63, 3.8) is 0 Å². The molecule has 104 valence electrons. The minimum absolute atomic E-state index is 0.0435. The molecule has 0 aliphatic rings. The van der Waals surface area contributed by atoms with Crippen LogP contribution in [0.3, 0.4) is 0 Å². The summed E-state index contributed by atoms with van der Waals surface area (Å²) in [6.45, 7) is 0. The molecule has 0 radical (unpaired) electrons. The number of hydrogen-bond donors (Lipinski definition) is 2. The van der Waals surface area contributed by atoms with Gasteiger partial charge in [-0.1, -0.05) is 18.2 Å². The largest absolute Gasteiger partial charge is 0.318 e. The third kappa shape index (κ3) is 2.46. The maximum atomic E-state index is 12.3. The number of nitrogen functional groups attached to an aromatic ring is 1. The maximum Gasteiger partial charge on any atom is 0.294 e. The molecule has 0 saturated carbocycles. The molecule has 0 aromatic heterocycles. The van der Waals surface area contributed by atoms with E-state index in [0.29, 0.717) is 0 Å². The van der Waals surface area contributed by atoms with Gasteiger partial charge in [-0.05, 0) is 24.3 Å². The van der Waals surface area contributed by atoms with Crippen LogP contribution < -0.4 is 11.3 Å². The van der Waals surface area contributed by atoms with Crippen LogP contribution in [0.25, 0.3) is 0 Å². The van der Waals surface area contributed by atoms with E-state index in [1.807, 2.05) is 0 Å². The number of sulfone groups is 1. The molecule has 0 aliphatic heterocycles. The number of hydrogen-bond acceptors (Lipinski definition) is 6. The van der Waals surface area contributed by atoms with Crippen LogP contribution in [0, 0.1) is 10.1 Å². The van der Waals surface area contributed by atoms with Crippen LogP contribution >= 0.6 is 0 Å². The quantitative estimate of drug-likeness (QED) is 0.503. The number of nitrogens with two attached hydrogens (primary N) is 1. The molecule has 0 heterocycles. The van der Waals surface area contributed by atoms with Crippen molar-refractivity contribution >= 4 is 21.2 Å². The number of nitrogens with one attached hydrogen (secondary N) is 1. The lowest BCUT2D eigenvalue weighted by molar-refractivity contribution is -0.384. The van der Waals surface area contributed by atoms with Crippen molar-refractivity contribution < 1.29 is 13.3 Å². The van der Waals surface area contributed by atoms with Gasteiger partial charge >= 0.3 is 0 Å². The zero-order valence-electron chi connectivity index (χ0n) is 10.2. The summed E-state index contributed by atoms with van der Waals surface area (Å²) >= 11 is 0. The zero-order valence-corrected chi connectivity index (χ0v) is 11.0. The van der Waals surface area contributed by atoms with Crippen LogP contribution in [0.15, 0.2) is 58.3 Å². The molecule has 0 unspecified atom stereocenters. The van der Waals surface area contributed by atoms with E-state index in [4.69, 9.17) is 5.84 Å². The van der Waals surface area contributed by atoms with Crippen LogP contribution in [0.2, 0.25) is 0 Å². The Morgan fingerprint density at radius 1 is 1.05 bits per heavy atom. The van der Waals surface area contributed by atoms with E-state index in [2.05, 4.69) is 5.43 Å². The van der Waals surface area contributed by atoms with Gasteiger partial charge in [0.15, 0.2) is 0 Å². The molecule has 2 aromatic rings. The Labute approximate surface area is 115 Å². The summed E-state index contributed by atoms with van der Waals surface area (Å²) < 4.78 is 24.7. The minimum atomic E-state index is -3.79. The maximum absolute atomic E-state index is 12.3. The first-order valence-electron chi connectivity index (χ1n) is 5.52. The van der Waals surface area contributed by atoms with E-state index in [1.54, 1.807) is 18.2 Å². The topological polar surface area (TPSA) is 115 Å².